The van der Waals surface area contributed by atoms with Crippen LogP contribution in [0.25, 0.3) is 6.08 Å². The van der Waals surface area contributed by atoms with Crippen LogP contribution >= 0.6 is 15.9 Å². The van der Waals surface area contributed by atoms with Gasteiger partial charge in [0.2, 0.25) is 0 Å². The number of imide groups is 2. The highest BCUT2D eigenvalue weighted by Gasteiger charge is 2.37. The Morgan fingerprint density at radius 2 is 1.73 bits per heavy atom. The van der Waals surface area contributed by atoms with Gasteiger partial charge in [0.25, 0.3) is 17.5 Å². The summed E-state index contributed by atoms with van der Waals surface area (Å²) in [4.78, 5) is 59.7. The maximum atomic E-state index is 13.0. The zero-order valence-electron chi connectivity index (χ0n) is 18.7. The number of non-ortho nitro benzene ring substituents is 1. The number of aromatic carboxylic acids is 1. The van der Waals surface area contributed by atoms with E-state index in [-0.39, 0.29) is 29.1 Å². The highest BCUT2D eigenvalue weighted by atomic mass is 79.9. The van der Waals surface area contributed by atoms with Gasteiger partial charge in [-0.2, -0.15) is 0 Å². The number of carbonyl (C=O) groups is 4. The van der Waals surface area contributed by atoms with E-state index in [9.17, 15) is 29.3 Å². The van der Waals surface area contributed by atoms with Crippen LogP contribution in [-0.2, 0) is 16.2 Å². The zero-order chi connectivity index (χ0) is 26.7. The minimum atomic E-state index is -1.02. The smallest absolute Gasteiger partial charge is 0.335 e. The SMILES string of the molecule is O=C1NC(=O)N(c2ccc([N+](=O)[O-])cc2)C(=O)/C1=C/c1ccc(OCc2ccc(C(=O)O)cc2)c(Br)c1. The number of hydrogen-bond donors (Lipinski definition) is 2. The van der Waals surface area contributed by atoms with Gasteiger partial charge in [-0.1, -0.05) is 18.2 Å². The molecular weight excluding hydrogens is 550 g/mol. The normalized spacial score (nSPS) is 14.5. The van der Waals surface area contributed by atoms with Gasteiger partial charge in [-0.25, -0.2) is 14.5 Å². The van der Waals surface area contributed by atoms with Crippen molar-refractivity contribution in [1.82, 2.24) is 5.32 Å². The number of nitrogens with zero attached hydrogens (tertiary/aromatic N) is 2. The van der Waals surface area contributed by atoms with Crippen LogP contribution in [0.2, 0.25) is 0 Å². The summed E-state index contributed by atoms with van der Waals surface area (Å²) in [7, 11) is 0. The lowest BCUT2D eigenvalue weighted by molar-refractivity contribution is -0.384. The molecule has 0 spiro atoms. The number of rotatable bonds is 7. The van der Waals surface area contributed by atoms with Gasteiger partial charge < -0.3 is 9.84 Å². The topological polar surface area (TPSA) is 156 Å². The van der Waals surface area contributed by atoms with Crippen molar-refractivity contribution in [2.24, 2.45) is 0 Å². The second kappa shape index (κ2) is 10.4. The molecule has 0 saturated carbocycles. The van der Waals surface area contributed by atoms with Gasteiger partial charge in [-0.05, 0) is 69.5 Å². The minimum Gasteiger partial charge on any atom is -0.488 e. The maximum absolute atomic E-state index is 13.0. The number of urea groups is 1. The van der Waals surface area contributed by atoms with Crippen molar-refractivity contribution in [2.75, 3.05) is 4.90 Å². The lowest BCUT2D eigenvalue weighted by atomic mass is 10.1. The molecule has 0 unspecified atom stereocenters. The van der Waals surface area contributed by atoms with E-state index in [1.807, 2.05) is 0 Å². The molecule has 3 aromatic carbocycles. The second-order valence-electron chi connectivity index (χ2n) is 7.71. The van der Waals surface area contributed by atoms with Crippen molar-refractivity contribution in [2.45, 2.75) is 6.61 Å². The number of benzene rings is 3. The quantitative estimate of drug-likeness (QED) is 0.186. The van der Waals surface area contributed by atoms with E-state index in [2.05, 4.69) is 21.2 Å². The highest BCUT2D eigenvalue weighted by molar-refractivity contribution is 9.10. The highest BCUT2D eigenvalue weighted by Crippen LogP contribution is 2.29. The molecule has 3 aromatic rings. The third kappa shape index (κ3) is 5.54. The van der Waals surface area contributed by atoms with Crippen molar-refractivity contribution in [1.29, 1.82) is 0 Å². The van der Waals surface area contributed by atoms with E-state index in [1.165, 1.54) is 30.3 Å². The Labute approximate surface area is 217 Å². The molecule has 0 atom stereocenters. The first-order valence-electron chi connectivity index (χ1n) is 10.5. The molecule has 1 heterocycles. The van der Waals surface area contributed by atoms with Crippen LogP contribution in [0.1, 0.15) is 21.5 Å². The number of anilines is 1. The van der Waals surface area contributed by atoms with E-state index in [0.29, 0.717) is 15.8 Å². The second-order valence-corrected chi connectivity index (χ2v) is 8.57. The van der Waals surface area contributed by atoms with Gasteiger partial charge in [0, 0.05) is 12.1 Å². The van der Waals surface area contributed by atoms with Crippen LogP contribution in [-0.4, -0.2) is 33.8 Å². The molecule has 1 fully saturated rings. The number of carboxylic acids is 1. The average molecular weight is 566 g/mol. The molecular formula is C25H16BrN3O8. The fraction of sp³-hybridized carbons (Fsp3) is 0.0400. The van der Waals surface area contributed by atoms with Gasteiger partial charge in [0.1, 0.15) is 17.9 Å². The third-order valence-corrected chi connectivity index (χ3v) is 5.90. The van der Waals surface area contributed by atoms with Crippen molar-refractivity contribution >= 4 is 57.2 Å². The Morgan fingerprint density at radius 3 is 2.32 bits per heavy atom. The van der Waals surface area contributed by atoms with Gasteiger partial charge in [0.15, 0.2) is 0 Å². The first kappa shape index (κ1) is 25.3. The van der Waals surface area contributed by atoms with Crippen molar-refractivity contribution in [3.05, 3.63) is 104 Å². The van der Waals surface area contributed by atoms with Crippen molar-refractivity contribution in [3.8, 4) is 5.75 Å². The molecule has 0 bridgehead atoms. The summed E-state index contributed by atoms with van der Waals surface area (Å²) in [5, 5.41) is 21.9. The van der Waals surface area contributed by atoms with Crippen molar-refractivity contribution in [3.63, 3.8) is 0 Å². The standard InChI is InChI=1S/C25H16BrN3O8/c26-20-12-15(3-10-21(20)37-13-14-1-4-16(5-2-14)24(32)33)11-19-22(30)27-25(34)28(23(19)31)17-6-8-18(9-7-17)29(35)36/h1-12H,13H2,(H,32,33)(H,27,30,34)/b19-11+. The predicted octanol–water partition coefficient (Wildman–Crippen LogP) is 4.30. The molecule has 1 saturated heterocycles. The molecule has 11 nitrogen and oxygen atoms in total. The summed E-state index contributed by atoms with van der Waals surface area (Å²) in [5.41, 5.74) is 0.914. The molecule has 0 radical (unpaired) electrons. The largest absolute Gasteiger partial charge is 0.488 e. The van der Waals surface area contributed by atoms with Crippen LogP contribution in [0.5, 0.6) is 5.75 Å². The summed E-state index contributed by atoms with van der Waals surface area (Å²) in [6.45, 7) is 0.173. The first-order chi connectivity index (χ1) is 17.6. The van der Waals surface area contributed by atoms with Gasteiger partial charge in [-0.3, -0.25) is 25.0 Å². The van der Waals surface area contributed by atoms with Crippen molar-refractivity contribution < 1.29 is 33.9 Å². The third-order valence-electron chi connectivity index (χ3n) is 5.28. The van der Waals surface area contributed by atoms with Crippen LogP contribution in [0, 0.1) is 10.1 Å². The van der Waals surface area contributed by atoms with Crippen LogP contribution in [0.4, 0.5) is 16.2 Å². The number of ether oxygens (including phenoxy) is 1. The Kier molecular flexibility index (Phi) is 7.11. The summed E-state index contributed by atoms with van der Waals surface area (Å²) in [5.74, 6) is -2.32. The zero-order valence-corrected chi connectivity index (χ0v) is 20.3. The lowest BCUT2D eigenvalue weighted by Gasteiger charge is -2.26. The molecule has 1 aliphatic heterocycles. The Balaban J connectivity index is 1.52. The number of barbiturate groups is 1. The fourth-order valence-electron chi connectivity index (χ4n) is 3.41. The molecule has 12 heteroatoms. The first-order valence-corrected chi connectivity index (χ1v) is 11.3. The summed E-state index contributed by atoms with van der Waals surface area (Å²) >= 11 is 3.39. The number of nitrogens with one attached hydrogen (secondary N) is 1. The molecule has 1 aliphatic rings. The summed E-state index contributed by atoms with van der Waals surface area (Å²) in [6, 6.07) is 14.9. The van der Waals surface area contributed by atoms with E-state index in [0.717, 1.165) is 22.6 Å². The molecule has 2 N–H and O–H groups in total. The molecule has 4 rings (SSSR count). The monoisotopic (exact) mass is 565 g/mol. The van der Waals surface area contributed by atoms with Gasteiger partial charge in [0.05, 0.1) is 20.6 Å². The molecule has 37 heavy (non-hydrogen) atoms. The fourth-order valence-corrected chi connectivity index (χ4v) is 3.92. The number of carbonyl (C=O) groups excluding carboxylic acids is 3. The number of carboxylic acid groups (broad SMARTS) is 1. The molecule has 0 aliphatic carbocycles. The van der Waals surface area contributed by atoms with Crippen LogP contribution in [0.15, 0.2) is 76.8 Å². The minimum absolute atomic E-state index is 0.0628. The Morgan fingerprint density at radius 1 is 1.05 bits per heavy atom. The lowest BCUT2D eigenvalue weighted by Crippen LogP contribution is -2.54. The summed E-state index contributed by atoms with van der Waals surface area (Å²) in [6.07, 6.45) is 1.31. The van der Waals surface area contributed by atoms with E-state index in [1.54, 1.807) is 30.3 Å². The van der Waals surface area contributed by atoms with Crippen LogP contribution in [0.3, 0.4) is 0 Å². The molecule has 0 aromatic heterocycles. The predicted molar refractivity (Wildman–Crippen MR) is 134 cm³/mol. The number of amides is 4. The van der Waals surface area contributed by atoms with Gasteiger partial charge in [-0.15, -0.1) is 0 Å². The number of halogens is 1. The number of nitro groups is 1. The number of nitro benzene ring substituents is 1. The van der Waals surface area contributed by atoms with E-state index < -0.39 is 28.7 Å². The van der Waals surface area contributed by atoms with E-state index >= 15 is 0 Å². The van der Waals surface area contributed by atoms with Crippen LogP contribution < -0.4 is 15.0 Å². The molecule has 186 valence electrons. The Bertz CT molecular complexity index is 1470. The summed E-state index contributed by atoms with van der Waals surface area (Å²) < 4.78 is 6.29. The maximum Gasteiger partial charge on any atom is 0.335 e. The average Bonchev–Trinajstić information content (AvgIpc) is 2.86. The Hall–Kier alpha value is -4.84. The molecule has 4 amide bonds. The van der Waals surface area contributed by atoms with Gasteiger partial charge >= 0.3 is 12.0 Å². The van der Waals surface area contributed by atoms with E-state index in [4.69, 9.17) is 9.84 Å². The number of hydrogen-bond acceptors (Lipinski definition) is 7.